The first-order chi connectivity index (χ1) is 8.52. The summed E-state index contributed by atoms with van der Waals surface area (Å²) in [5, 5.41) is 8.47. The molecule has 0 bridgehead atoms. The Balaban J connectivity index is 3.35. The largest absolute Gasteiger partial charge is 0.481 e. The number of aliphatic carboxylic acids is 1. The zero-order valence-corrected chi connectivity index (χ0v) is 11.4. The van der Waals surface area contributed by atoms with Gasteiger partial charge >= 0.3 is 11.9 Å². The van der Waals surface area contributed by atoms with Crippen molar-refractivity contribution in [2.45, 2.75) is 58.8 Å². The summed E-state index contributed by atoms with van der Waals surface area (Å²) in [6.45, 7) is 3.47. The molecule has 0 aliphatic heterocycles. The fraction of sp³-hybridized carbons (Fsp3) is 0.714. The SMILES string of the molecule is CC(=O)OC=CC(C)CCCCCCCC(=O)O. The molecule has 18 heavy (non-hydrogen) atoms. The minimum atomic E-state index is -0.709. The molecule has 0 amide bonds. The molecule has 1 N–H and O–H groups in total. The minimum Gasteiger partial charge on any atom is -0.481 e. The lowest BCUT2D eigenvalue weighted by atomic mass is 10.0. The average Bonchev–Trinajstić information content (AvgIpc) is 2.26. The van der Waals surface area contributed by atoms with Gasteiger partial charge in [-0.1, -0.05) is 32.6 Å². The van der Waals surface area contributed by atoms with Gasteiger partial charge in [-0.2, -0.15) is 0 Å². The first-order valence-corrected chi connectivity index (χ1v) is 6.58. The Morgan fingerprint density at radius 1 is 1.17 bits per heavy atom. The number of carboxylic acid groups (broad SMARTS) is 1. The van der Waals surface area contributed by atoms with E-state index >= 15 is 0 Å². The van der Waals surface area contributed by atoms with Crippen molar-refractivity contribution < 1.29 is 19.4 Å². The maximum absolute atomic E-state index is 10.5. The second-order valence-corrected chi connectivity index (χ2v) is 4.62. The highest BCUT2D eigenvalue weighted by atomic mass is 16.5. The van der Waals surface area contributed by atoms with Gasteiger partial charge in [0.05, 0.1) is 6.26 Å². The van der Waals surface area contributed by atoms with Crippen LogP contribution in [0.1, 0.15) is 58.8 Å². The summed E-state index contributed by atoms with van der Waals surface area (Å²) in [5.74, 6) is -0.598. The zero-order valence-electron chi connectivity index (χ0n) is 11.4. The van der Waals surface area contributed by atoms with Crippen molar-refractivity contribution in [2.75, 3.05) is 0 Å². The Kier molecular flexibility index (Phi) is 10.0. The van der Waals surface area contributed by atoms with E-state index < -0.39 is 5.97 Å². The van der Waals surface area contributed by atoms with Crippen LogP contribution in [-0.2, 0) is 14.3 Å². The molecule has 0 heterocycles. The Hall–Kier alpha value is -1.32. The number of allylic oxidation sites excluding steroid dienone is 1. The third-order valence-electron chi connectivity index (χ3n) is 2.69. The lowest BCUT2D eigenvalue weighted by Crippen LogP contribution is -1.95. The first kappa shape index (κ1) is 16.7. The fourth-order valence-corrected chi connectivity index (χ4v) is 1.64. The predicted molar refractivity (Wildman–Crippen MR) is 70.0 cm³/mol. The van der Waals surface area contributed by atoms with Gasteiger partial charge in [-0.3, -0.25) is 9.59 Å². The number of ether oxygens (including phenoxy) is 1. The Morgan fingerprint density at radius 2 is 1.78 bits per heavy atom. The topological polar surface area (TPSA) is 63.6 Å². The molecule has 0 radical (unpaired) electrons. The standard InChI is InChI=1S/C14H24O4/c1-12(10-11-18-13(2)15)8-6-4-3-5-7-9-14(16)17/h10-12H,3-9H2,1-2H3,(H,16,17). The van der Waals surface area contributed by atoms with E-state index in [-0.39, 0.29) is 12.4 Å². The zero-order chi connectivity index (χ0) is 13.8. The molecule has 104 valence electrons. The van der Waals surface area contributed by atoms with E-state index in [1.807, 2.05) is 6.08 Å². The van der Waals surface area contributed by atoms with Crippen LogP contribution in [0.5, 0.6) is 0 Å². The molecule has 1 atom stereocenters. The molecule has 0 aromatic heterocycles. The van der Waals surface area contributed by atoms with Crippen molar-refractivity contribution in [1.82, 2.24) is 0 Å². The maximum atomic E-state index is 10.5. The van der Waals surface area contributed by atoms with Crippen molar-refractivity contribution in [3.8, 4) is 0 Å². The summed E-state index contributed by atoms with van der Waals surface area (Å²) in [6, 6.07) is 0. The van der Waals surface area contributed by atoms with Gasteiger partial charge in [-0.05, 0) is 24.8 Å². The lowest BCUT2D eigenvalue weighted by molar-refractivity contribution is -0.137. The van der Waals surface area contributed by atoms with Crippen LogP contribution in [0.3, 0.4) is 0 Å². The van der Waals surface area contributed by atoms with Crippen LogP contribution < -0.4 is 0 Å². The molecular weight excluding hydrogens is 232 g/mol. The molecule has 0 fully saturated rings. The Bertz CT molecular complexity index is 271. The van der Waals surface area contributed by atoms with E-state index in [1.54, 1.807) is 0 Å². The van der Waals surface area contributed by atoms with Gasteiger partial charge in [-0.15, -0.1) is 0 Å². The van der Waals surface area contributed by atoms with Crippen LogP contribution in [0.25, 0.3) is 0 Å². The minimum absolute atomic E-state index is 0.279. The van der Waals surface area contributed by atoms with Gasteiger partial charge in [0, 0.05) is 13.3 Å². The van der Waals surface area contributed by atoms with Crippen LogP contribution in [0.2, 0.25) is 0 Å². The number of rotatable bonds is 10. The summed E-state index contributed by atoms with van der Waals surface area (Å²) in [6.07, 6.45) is 9.81. The second-order valence-electron chi connectivity index (χ2n) is 4.62. The summed E-state index contributed by atoms with van der Waals surface area (Å²) in [4.78, 5) is 20.8. The summed E-state index contributed by atoms with van der Waals surface area (Å²) in [7, 11) is 0. The molecule has 0 spiro atoms. The van der Waals surface area contributed by atoms with E-state index in [0.717, 1.165) is 38.5 Å². The number of carbonyl (C=O) groups is 2. The summed E-state index contributed by atoms with van der Waals surface area (Å²) >= 11 is 0. The summed E-state index contributed by atoms with van der Waals surface area (Å²) < 4.78 is 4.72. The van der Waals surface area contributed by atoms with Crippen molar-refractivity contribution in [3.63, 3.8) is 0 Å². The normalized spacial score (nSPS) is 12.6. The molecule has 4 heteroatoms. The van der Waals surface area contributed by atoms with E-state index in [9.17, 15) is 9.59 Å². The average molecular weight is 256 g/mol. The van der Waals surface area contributed by atoms with Crippen LogP contribution in [0.15, 0.2) is 12.3 Å². The highest BCUT2D eigenvalue weighted by molar-refractivity contribution is 5.66. The van der Waals surface area contributed by atoms with E-state index in [4.69, 9.17) is 9.84 Å². The Morgan fingerprint density at radius 3 is 2.39 bits per heavy atom. The number of hydrogen-bond donors (Lipinski definition) is 1. The number of carboxylic acids is 1. The highest BCUT2D eigenvalue weighted by Gasteiger charge is 1.99. The molecule has 0 saturated heterocycles. The van der Waals surface area contributed by atoms with Gasteiger partial charge < -0.3 is 9.84 Å². The van der Waals surface area contributed by atoms with Crippen LogP contribution in [0, 0.1) is 5.92 Å². The second kappa shape index (κ2) is 10.8. The van der Waals surface area contributed by atoms with E-state index in [0.29, 0.717) is 5.92 Å². The maximum Gasteiger partial charge on any atom is 0.307 e. The smallest absolute Gasteiger partial charge is 0.307 e. The van der Waals surface area contributed by atoms with Crippen LogP contribution in [0.4, 0.5) is 0 Å². The van der Waals surface area contributed by atoms with E-state index in [1.165, 1.54) is 13.2 Å². The quantitative estimate of drug-likeness (QED) is 0.369. The monoisotopic (exact) mass is 256 g/mol. The number of hydrogen-bond acceptors (Lipinski definition) is 3. The predicted octanol–water partition coefficient (Wildman–Crippen LogP) is 3.51. The Labute approximate surface area is 109 Å². The third-order valence-corrected chi connectivity index (χ3v) is 2.69. The molecule has 0 aliphatic rings. The number of carbonyl (C=O) groups excluding carboxylic acids is 1. The molecule has 0 saturated carbocycles. The molecule has 0 rings (SSSR count). The number of unbranched alkanes of at least 4 members (excludes halogenated alkanes) is 4. The van der Waals surface area contributed by atoms with Gasteiger partial charge in [0.1, 0.15) is 0 Å². The van der Waals surface area contributed by atoms with Gasteiger partial charge in [-0.25, -0.2) is 0 Å². The highest BCUT2D eigenvalue weighted by Crippen LogP contribution is 2.13. The third kappa shape index (κ3) is 12.7. The van der Waals surface area contributed by atoms with Gasteiger partial charge in [0.2, 0.25) is 0 Å². The lowest BCUT2D eigenvalue weighted by Gasteiger charge is -2.05. The molecule has 1 unspecified atom stereocenters. The van der Waals surface area contributed by atoms with Crippen molar-refractivity contribution in [1.29, 1.82) is 0 Å². The van der Waals surface area contributed by atoms with Crippen molar-refractivity contribution in [3.05, 3.63) is 12.3 Å². The van der Waals surface area contributed by atoms with Gasteiger partial charge in [0.15, 0.2) is 0 Å². The van der Waals surface area contributed by atoms with Gasteiger partial charge in [0.25, 0.3) is 0 Å². The van der Waals surface area contributed by atoms with Crippen LogP contribution in [-0.4, -0.2) is 17.0 Å². The molecule has 4 nitrogen and oxygen atoms in total. The van der Waals surface area contributed by atoms with Crippen molar-refractivity contribution >= 4 is 11.9 Å². The molecule has 0 aromatic carbocycles. The number of esters is 1. The first-order valence-electron chi connectivity index (χ1n) is 6.58. The van der Waals surface area contributed by atoms with Crippen molar-refractivity contribution in [2.24, 2.45) is 5.92 Å². The fourth-order valence-electron chi connectivity index (χ4n) is 1.64. The molecule has 0 aliphatic carbocycles. The van der Waals surface area contributed by atoms with Crippen LogP contribution >= 0.6 is 0 Å². The van der Waals surface area contributed by atoms with E-state index in [2.05, 4.69) is 6.92 Å². The molecule has 0 aromatic rings. The molecular formula is C14H24O4. The summed E-state index contributed by atoms with van der Waals surface area (Å²) in [5.41, 5.74) is 0.